The molecule has 2 aliphatic heterocycles. The number of benzene rings is 1. The summed E-state index contributed by atoms with van der Waals surface area (Å²) in [5.74, 6) is 0.913. The lowest BCUT2D eigenvalue weighted by Crippen LogP contribution is -2.41. The number of aryl methyl sites for hydroxylation is 2. The second-order valence-corrected chi connectivity index (χ2v) is 8.29. The zero-order valence-electron chi connectivity index (χ0n) is 17.6. The van der Waals surface area contributed by atoms with Gasteiger partial charge in [-0.15, -0.1) is 0 Å². The average Bonchev–Trinajstić information content (AvgIpc) is 3.55. The van der Waals surface area contributed by atoms with E-state index in [1.807, 2.05) is 48.4 Å². The second-order valence-electron chi connectivity index (χ2n) is 8.29. The van der Waals surface area contributed by atoms with Crippen LogP contribution in [-0.4, -0.2) is 67.7 Å². The number of fused-ring (bicyclic) bond motifs is 1. The molecule has 2 amide bonds. The Kier molecular flexibility index (Phi) is 4.60. The normalized spacial score (nSPS) is 22.7. The molecule has 0 bridgehead atoms. The lowest BCUT2D eigenvalue weighted by atomic mass is 9.81. The van der Waals surface area contributed by atoms with Crippen molar-refractivity contribution in [3.63, 3.8) is 0 Å². The lowest BCUT2D eigenvalue weighted by Gasteiger charge is -2.25. The third-order valence-corrected chi connectivity index (χ3v) is 6.34. The van der Waals surface area contributed by atoms with Crippen LogP contribution in [0.3, 0.4) is 0 Å². The van der Waals surface area contributed by atoms with Crippen molar-refractivity contribution in [1.82, 2.24) is 29.7 Å². The van der Waals surface area contributed by atoms with Crippen LogP contribution >= 0.6 is 0 Å². The van der Waals surface area contributed by atoms with E-state index in [1.54, 1.807) is 22.6 Å². The van der Waals surface area contributed by atoms with Crippen molar-refractivity contribution in [2.45, 2.75) is 25.8 Å². The predicted molar refractivity (Wildman–Crippen MR) is 110 cm³/mol. The van der Waals surface area contributed by atoms with E-state index in [1.165, 1.54) is 0 Å². The Morgan fingerprint density at radius 3 is 2.42 bits per heavy atom. The van der Waals surface area contributed by atoms with Gasteiger partial charge in [-0.05, 0) is 32.0 Å². The number of carbonyl (C=O) groups is 2. The highest BCUT2D eigenvalue weighted by Gasteiger charge is 2.59. The molecule has 0 aliphatic carbocycles. The molecule has 9 nitrogen and oxygen atoms in total. The van der Waals surface area contributed by atoms with Crippen LogP contribution in [0.15, 0.2) is 47.1 Å². The van der Waals surface area contributed by atoms with Gasteiger partial charge in [0.05, 0.1) is 5.41 Å². The summed E-state index contributed by atoms with van der Waals surface area (Å²) in [6.45, 7) is 6.34. The zero-order valence-corrected chi connectivity index (χ0v) is 17.6. The summed E-state index contributed by atoms with van der Waals surface area (Å²) in [4.78, 5) is 34.4. The monoisotopic (exact) mass is 420 g/mol. The highest BCUT2D eigenvalue weighted by Crippen LogP contribution is 2.45. The van der Waals surface area contributed by atoms with Crippen molar-refractivity contribution in [1.29, 1.82) is 0 Å². The molecule has 0 spiro atoms. The van der Waals surface area contributed by atoms with E-state index >= 15 is 0 Å². The van der Waals surface area contributed by atoms with Gasteiger partial charge in [0.25, 0.3) is 11.8 Å². The third-order valence-electron chi connectivity index (χ3n) is 6.34. The van der Waals surface area contributed by atoms with Crippen LogP contribution in [-0.2, 0) is 12.0 Å². The molecule has 31 heavy (non-hydrogen) atoms. The number of hydrogen-bond donors (Lipinski definition) is 0. The Morgan fingerprint density at radius 1 is 1.10 bits per heavy atom. The zero-order chi connectivity index (χ0) is 21.6. The van der Waals surface area contributed by atoms with E-state index in [0.717, 1.165) is 0 Å². The minimum atomic E-state index is -0.575. The number of rotatable bonds is 4. The first-order valence-corrected chi connectivity index (χ1v) is 10.5. The first-order chi connectivity index (χ1) is 15.0. The Morgan fingerprint density at radius 2 is 1.81 bits per heavy atom. The highest BCUT2D eigenvalue weighted by atomic mass is 16.5. The minimum Gasteiger partial charge on any atom is -0.339 e. The van der Waals surface area contributed by atoms with E-state index in [-0.39, 0.29) is 17.7 Å². The smallest absolute Gasteiger partial charge is 0.274 e. The van der Waals surface area contributed by atoms with Gasteiger partial charge in [0.1, 0.15) is 5.69 Å². The van der Waals surface area contributed by atoms with Gasteiger partial charge < -0.3 is 14.3 Å². The molecule has 2 atom stereocenters. The van der Waals surface area contributed by atoms with Crippen LogP contribution in [0.5, 0.6) is 0 Å². The van der Waals surface area contributed by atoms with Crippen LogP contribution in [0, 0.1) is 12.8 Å². The van der Waals surface area contributed by atoms with Gasteiger partial charge in [-0.2, -0.15) is 10.1 Å². The molecule has 2 aliphatic rings. The largest absolute Gasteiger partial charge is 0.339 e. The lowest BCUT2D eigenvalue weighted by molar-refractivity contribution is 0.0723. The summed E-state index contributed by atoms with van der Waals surface area (Å²) >= 11 is 0. The summed E-state index contributed by atoms with van der Waals surface area (Å²) in [5.41, 5.74) is 0.502. The van der Waals surface area contributed by atoms with Crippen molar-refractivity contribution >= 4 is 11.8 Å². The topological polar surface area (TPSA) is 97.4 Å². The first-order valence-electron chi connectivity index (χ1n) is 10.5. The number of likely N-dealkylation sites (tertiary alicyclic amines) is 2. The van der Waals surface area contributed by atoms with Gasteiger partial charge in [-0.3, -0.25) is 14.3 Å². The number of hydrogen-bond acceptors (Lipinski definition) is 6. The quantitative estimate of drug-likeness (QED) is 0.638. The molecule has 0 unspecified atom stereocenters. The molecule has 3 aromatic rings. The molecule has 2 saturated heterocycles. The molecule has 4 heterocycles. The third kappa shape index (κ3) is 3.20. The molecule has 5 rings (SSSR count). The van der Waals surface area contributed by atoms with Gasteiger partial charge in [0, 0.05) is 50.4 Å². The fourth-order valence-corrected chi connectivity index (χ4v) is 4.75. The van der Waals surface area contributed by atoms with Gasteiger partial charge in [0.2, 0.25) is 5.89 Å². The van der Waals surface area contributed by atoms with Crippen LogP contribution in [0.1, 0.15) is 39.5 Å². The van der Waals surface area contributed by atoms with E-state index in [2.05, 4.69) is 15.2 Å². The SMILES string of the molecule is CCn1ccc(C(=O)N2C[C@H]3CN(C(=O)c4ccccc4)C[C@@]3(c3nc(C)no3)C2)n1. The molecule has 0 radical (unpaired) electrons. The maximum Gasteiger partial charge on any atom is 0.274 e. The summed E-state index contributed by atoms with van der Waals surface area (Å²) in [6, 6.07) is 11.0. The minimum absolute atomic E-state index is 0.0113. The van der Waals surface area contributed by atoms with Crippen molar-refractivity contribution in [3.05, 3.63) is 65.6 Å². The van der Waals surface area contributed by atoms with Crippen LogP contribution in [0.2, 0.25) is 0 Å². The fourth-order valence-electron chi connectivity index (χ4n) is 4.75. The Labute approximate surface area is 179 Å². The molecule has 0 N–H and O–H groups in total. The molecule has 9 heteroatoms. The fraction of sp³-hybridized carbons (Fsp3) is 0.409. The maximum atomic E-state index is 13.1. The Balaban J connectivity index is 1.43. The molecular weight excluding hydrogens is 396 g/mol. The summed E-state index contributed by atoms with van der Waals surface area (Å²) < 4.78 is 7.32. The number of amides is 2. The van der Waals surface area contributed by atoms with E-state index in [9.17, 15) is 9.59 Å². The standard InChI is InChI=1S/C22H24N6O3/c1-3-28-10-9-18(24-28)20(30)27-12-17-11-26(19(29)16-7-5-4-6-8-16)13-22(17,14-27)21-23-15(2)25-31-21/h4-10,17H,3,11-14H2,1-2H3/t17-,22-/m1/s1. The molecule has 2 aromatic heterocycles. The molecule has 1 aromatic carbocycles. The first kappa shape index (κ1) is 19.5. The van der Waals surface area contributed by atoms with Crippen LogP contribution in [0.25, 0.3) is 0 Å². The molecule has 0 saturated carbocycles. The van der Waals surface area contributed by atoms with Crippen LogP contribution < -0.4 is 0 Å². The highest BCUT2D eigenvalue weighted by molar-refractivity contribution is 5.95. The Hall–Kier alpha value is -3.49. The van der Waals surface area contributed by atoms with Gasteiger partial charge in [-0.1, -0.05) is 23.4 Å². The van der Waals surface area contributed by atoms with Crippen LogP contribution in [0.4, 0.5) is 0 Å². The summed E-state index contributed by atoms with van der Waals surface area (Å²) in [6.07, 6.45) is 1.81. The maximum absolute atomic E-state index is 13.1. The molecule has 160 valence electrons. The number of carbonyl (C=O) groups excluding carboxylic acids is 2. The van der Waals surface area contributed by atoms with Gasteiger partial charge >= 0.3 is 0 Å². The predicted octanol–water partition coefficient (Wildman–Crippen LogP) is 1.76. The van der Waals surface area contributed by atoms with Crippen molar-refractivity contribution in [2.24, 2.45) is 5.92 Å². The van der Waals surface area contributed by atoms with Gasteiger partial charge in [-0.25, -0.2) is 0 Å². The van der Waals surface area contributed by atoms with Crippen molar-refractivity contribution in [2.75, 3.05) is 26.2 Å². The average molecular weight is 420 g/mol. The van der Waals surface area contributed by atoms with E-state index in [0.29, 0.717) is 55.7 Å². The Bertz CT molecular complexity index is 1120. The molecular formula is C22H24N6O3. The summed E-state index contributed by atoms with van der Waals surface area (Å²) in [5, 5.41) is 8.34. The van der Waals surface area contributed by atoms with Gasteiger partial charge in [0.15, 0.2) is 5.82 Å². The second kappa shape index (κ2) is 7.33. The molecule has 2 fully saturated rings. The van der Waals surface area contributed by atoms with Crippen molar-refractivity contribution in [3.8, 4) is 0 Å². The van der Waals surface area contributed by atoms with Crippen molar-refractivity contribution < 1.29 is 14.1 Å². The summed E-state index contributed by atoms with van der Waals surface area (Å²) in [7, 11) is 0. The number of nitrogens with zero attached hydrogens (tertiary/aromatic N) is 6. The van der Waals surface area contributed by atoms with E-state index in [4.69, 9.17) is 4.52 Å². The number of aromatic nitrogens is 4. The van der Waals surface area contributed by atoms with E-state index < -0.39 is 5.41 Å².